The molecular weight excluding hydrogens is 284 g/mol. The zero-order valence-electron chi connectivity index (χ0n) is 10.8. The Labute approximate surface area is 119 Å². The van der Waals surface area contributed by atoms with Gasteiger partial charge in [-0.25, -0.2) is 13.1 Å². The first kappa shape index (κ1) is 16.0. The quantitative estimate of drug-likeness (QED) is 0.621. The molecule has 1 rings (SSSR count). The summed E-state index contributed by atoms with van der Waals surface area (Å²) < 4.78 is 26.2. The minimum absolute atomic E-state index is 0.0837. The summed E-state index contributed by atoms with van der Waals surface area (Å²) in [6.07, 6.45) is 1.24. The molecule has 0 heterocycles. The first-order chi connectivity index (χ1) is 8.98. The summed E-state index contributed by atoms with van der Waals surface area (Å²) >= 11 is 5.52. The number of sulfonamides is 1. The zero-order valence-corrected chi connectivity index (χ0v) is 12.3. The van der Waals surface area contributed by atoms with E-state index >= 15 is 0 Å². The van der Waals surface area contributed by atoms with Crippen molar-refractivity contribution in [1.82, 2.24) is 4.72 Å². The van der Waals surface area contributed by atoms with Crippen LogP contribution in [-0.2, 0) is 10.0 Å². The van der Waals surface area contributed by atoms with Gasteiger partial charge in [-0.3, -0.25) is 0 Å². The molecule has 1 aromatic carbocycles. The van der Waals surface area contributed by atoms with Crippen molar-refractivity contribution in [2.75, 3.05) is 11.6 Å². The molecule has 0 aliphatic carbocycles. The van der Waals surface area contributed by atoms with E-state index in [-0.39, 0.29) is 11.8 Å². The van der Waals surface area contributed by atoms with E-state index in [0.717, 1.165) is 5.56 Å². The van der Waals surface area contributed by atoms with E-state index in [0.29, 0.717) is 24.3 Å². The molecule has 0 saturated heterocycles. The predicted octanol–water partition coefficient (Wildman–Crippen LogP) is 2.56. The summed E-state index contributed by atoms with van der Waals surface area (Å²) in [4.78, 5) is 0. The van der Waals surface area contributed by atoms with Crippen molar-refractivity contribution in [3.05, 3.63) is 35.4 Å². The van der Waals surface area contributed by atoms with Crippen LogP contribution in [0, 0.1) is 11.3 Å². The van der Waals surface area contributed by atoms with Crippen LogP contribution in [0.2, 0.25) is 0 Å². The molecule has 4 nitrogen and oxygen atoms in total. The molecule has 1 N–H and O–H groups in total. The molecule has 0 spiro atoms. The lowest BCUT2D eigenvalue weighted by atomic mass is 10.1. The number of nitriles is 1. The Bertz CT molecular complexity index is 535. The summed E-state index contributed by atoms with van der Waals surface area (Å²) in [5.41, 5.74) is 1.39. The van der Waals surface area contributed by atoms with Gasteiger partial charge < -0.3 is 0 Å². The molecule has 0 radical (unpaired) electrons. The zero-order chi connectivity index (χ0) is 14.3. The van der Waals surface area contributed by atoms with E-state index in [1.807, 2.05) is 6.07 Å². The van der Waals surface area contributed by atoms with E-state index in [1.54, 1.807) is 31.2 Å². The van der Waals surface area contributed by atoms with Gasteiger partial charge in [0, 0.05) is 11.9 Å². The Hall–Kier alpha value is -1.09. The Morgan fingerprint density at radius 1 is 1.32 bits per heavy atom. The third kappa shape index (κ3) is 5.60. The number of hydrogen-bond acceptors (Lipinski definition) is 3. The van der Waals surface area contributed by atoms with Gasteiger partial charge in [-0.15, -0.1) is 11.6 Å². The molecule has 0 amide bonds. The minimum atomic E-state index is -3.29. The van der Waals surface area contributed by atoms with Gasteiger partial charge in [0.05, 0.1) is 17.4 Å². The maximum atomic E-state index is 11.8. The molecule has 104 valence electrons. The third-order valence-corrected chi connectivity index (χ3v) is 4.50. The number of halogens is 1. The number of nitrogens with one attached hydrogen (secondary N) is 1. The number of rotatable bonds is 7. The van der Waals surface area contributed by atoms with Gasteiger partial charge in [0.2, 0.25) is 10.0 Å². The van der Waals surface area contributed by atoms with Crippen LogP contribution in [0.25, 0.3) is 0 Å². The van der Waals surface area contributed by atoms with Gasteiger partial charge in [-0.2, -0.15) is 5.26 Å². The maximum absolute atomic E-state index is 11.8. The highest BCUT2D eigenvalue weighted by atomic mass is 35.5. The Morgan fingerprint density at radius 3 is 2.47 bits per heavy atom. The summed E-state index contributed by atoms with van der Waals surface area (Å²) in [5, 5.41) is 8.70. The van der Waals surface area contributed by atoms with Gasteiger partial charge in [-0.1, -0.05) is 12.1 Å². The van der Waals surface area contributed by atoms with E-state index in [2.05, 4.69) is 4.72 Å². The Kier molecular flexibility index (Phi) is 6.29. The molecule has 0 saturated carbocycles. The lowest BCUT2D eigenvalue weighted by Gasteiger charge is -2.14. The predicted molar refractivity (Wildman–Crippen MR) is 76.4 cm³/mol. The Morgan fingerprint density at radius 2 is 1.95 bits per heavy atom. The van der Waals surface area contributed by atoms with Crippen molar-refractivity contribution < 1.29 is 8.42 Å². The topological polar surface area (TPSA) is 70.0 Å². The summed E-state index contributed by atoms with van der Waals surface area (Å²) in [5.74, 6) is 0.557. The highest BCUT2D eigenvalue weighted by Crippen LogP contribution is 2.14. The summed E-state index contributed by atoms with van der Waals surface area (Å²) in [6.45, 7) is 1.78. The van der Waals surface area contributed by atoms with E-state index in [4.69, 9.17) is 16.9 Å². The molecule has 0 aliphatic rings. The molecule has 6 heteroatoms. The molecule has 0 bridgehead atoms. The van der Waals surface area contributed by atoms with Crippen LogP contribution < -0.4 is 4.72 Å². The SMILES string of the molecule is CC(NS(=O)(=O)CCCCCl)c1ccc(C#N)cc1. The van der Waals surface area contributed by atoms with Crippen molar-refractivity contribution in [2.45, 2.75) is 25.8 Å². The van der Waals surface area contributed by atoms with Crippen LogP contribution in [0.3, 0.4) is 0 Å². The number of hydrogen-bond donors (Lipinski definition) is 1. The largest absolute Gasteiger partial charge is 0.212 e. The fraction of sp³-hybridized carbons (Fsp3) is 0.462. The fourth-order valence-corrected chi connectivity index (χ4v) is 3.19. The van der Waals surface area contributed by atoms with Crippen molar-refractivity contribution in [2.24, 2.45) is 0 Å². The van der Waals surface area contributed by atoms with Gasteiger partial charge in [0.15, 0.2) is 0 Å². The molecule has 1 aromatic rings. The van der Waals surface area contributed by atoms with E-state index in [1.165, 1.54) is 0 Å². The number of alkyl halides is 1. The van der Waals surface area contributed by atoms with Crippen LogP contribution in [0.15, 0.2) is 24.3 Å². The molecular formula is C13H17ClN2O2S. The average molecular weight is 301 g/mol. The third-order valence-electron chi connectivity index (χ3n) is 2.69. The molecule has 19 heavy (non-hydrogen) atoms. The first-order valence-electron chi connectivity index (χ1n) is 6.04. The number of benzene rings is 1. The normalized spacial score (nSPS) is 12.9. The summed E-state index contributed by atoms with van der Waals surface area (Å²) in [7, 11) is -3.29. The standard InChI is InChI=1S/C13H17ClN2O2S/c1-11(13-6-4-12(10-15)5-7-13)16-19(17,18)9-3-2-8-14/h4-7,11,16H,2-3,8-9H2,1H3. The first-order valence-corrected chi connectivity index (χ1v) is 8.23. The van der Waals surface area contributed by atoms with Crippen molar-refractivity contribution in [1.29, 1.82) is 5.26 Å². The number of nitrogens with zero attached hydrogens (tertiary/aromatic N) is 1. The van der Waals surface area contributed by atoms with E-state index < -0.39 is 10.0 Å². The van der Waals surface area contributed by atoms with Crippen LogP contribution in [0.1, 0.15) is 36.9 Å². The fourth-order valence-electron chi connectivity index (χ4n) is 1.63. The van der Waals surface area contributed by atoms with Crippen LogP contribution >= 0.6 is 11.6 Å². The second-order valence-electron chi connectivity index (χ2n) is 4.29. The lowest BCUT2D eigenvalue weighted by molar-refractivity contribution is 0.564. The van der Waals surface area contributed by atoms with Crippen LogP contribution in [-0.4, -0.2) is 20.1 Å². The average Bonchev–Trinajstić information content (AvgIpc) is 2.38. The molecule has 0 aromatic heterocycles. The van der Waals surface area contributed by atoms with Gasteiger partial charge in [0.25, 0.3) is 0 Å². The lowest BCUT2D eigenvalue weighted by Crippen LogP contribution is -2.29. The van der Waals surface area contributed by atoms with E-state index in [9.17, 15) is 8.42 Å². The second kappa shape index (κ2) is 7.49. The second-order valence-corrected chi connectivity index (χ2v) is 6.54. The number of unbranched alkanes of at least 4 members (excludes halogenated alkanes) is 1. The van der Waals surface area contributed by atoms with Crippen molar-refractivity contribution >= 4 is 21.6 Å². The monoisotopic (exact) mass is 300 g/mol. The minimum Gasteiger partial charge on any atom is -0.212 e. The van der Waals surface area contributed by atoms with Gasteiger partial charge in [-0.05, 0) is 37.5 Å². The molecule has 0 aliphatic heterocycles. The van der Waals surface area contributed by atoms with Gasteiger partial charge >= 0.3 is 0 Å². The molecule has 0 fully saturated rings. The molecule has 1 atom stereocenters. The smallest absolute Gasteiger partial charge is 0.212 e. The van der Waals surface area contributed by atoms with Crippen molar-refractivity contribution in [3.63, 3.8) is 0 Å². The van der Waals surface area contributed by atoms with Gasteiger partial charge in [0.1, 0.15) is 0 Å². The maximum Gasteiger partial charge on any atom is 0.212 e. The molecule has 1 unspecified atom stereocenters. The van der Waals surface area contributed by atoms with Crippen LogP contribution in [0.4, 0.5) is 0 Å². The highest BCUT2D eigenvalue weighted by molar-refractivity contribution is 7.89. The Balaban J connectivity index is 2.62. The summed E-state index contributed by atoms with van der Waals surface area (Å²) in [6, 6.07) is 8.57. The van der Waals surface area contributed by atoms with Crippen molar-refractivity contribution in [3.8, 4) is 6.07 Å². The van der Waals surface area contributed by atoms with Crippen LogP contribution in [0.5, 0.6) is 0 Å². The highest BCUT2D eigenvalue weighted by Gasteiger charge is 2.15.